The van der Waals surface area contributed by atoms with E-state index < -0.39 is 12.3 Å². The summed E-state index contributed by atoms with van der Waals surface area (Å²) in [4.78, 5) is 1.70. The van der Waals surface area contributed by atoms with E-state index in [0.29, 0.717) is 36.2 Å². The minimum absolute atomic E-state index is 0.0701. The van der Waals surface area contributed by atoms with E-state index in [-0.39, 0.29) is 25.3 Å². The van der Waals surface area contributed by atoms with Crippen LogP contribution in [0, 0.1) is 0 Å². The average Bonchev–Trinajstić information content (AvgIpc) is 2.42. The van der Waals surface area contributed by atoms with E-state index in [2.05, 4.69) is 20.7 Å². The number of alkyl halides is 5. The smallest absolute Gasteiger partial charge is 0.492 e. The molecule has 9 heteroatoms. The molecule has 24 heavy (non-hydrogen) atoms. The first-order valence-corrected chi connectivity index (χ1v) is 8.22. The van der Waals surface area contributed by atoms with Gasteiger partial charge in [-0.15, -0.1) is 13.2 Å². The second-order valence-corrected chi connectivity index (χ2v) is 6.43. The molecule has 1 aromatic carbocycles. The van der Waals surface area contributed by atoms with Gasteiger partial charge in [0.25, 0.3) is 5.92 Å². The summed E-state index contributed by atoms with van der Waals surface area (Å²) in [7, 11) is 0. The van der Waals surface area contributed by atoms with Crippen molar-refractivity contribution in [2.45, 2.75) is 31.5 Å². The van der Waals surface area contributed by atoms with Crippen LogP contribution in [0.4, 0.5) is 22.0 Å². The van der Waals surface area contributed by atoms with Crippen molar-refractivity contribution < 1.29 is 31.4 Å². The van der Waals surface area contributed by atoms with Crippen LogP contribution in [0.3, 0.4) is 0 Å². The van der Waals surface area contributed by atoms with Crippen LogP contribution in [0.15, 0.2) is 22.7 Å². The van der Waals surface area contributed by atoms with Crippen molar-refractivity contribution in [3.05, 3.63) is 22.7 Å². The summed E-state index contributed by atoms with van der Waals surface area (Å²) >= 11 is 3.12. The average molecular weight is 418 g/mol. The minimum atomic E-state index is -4.75. The predicted molar refractivity (Wildman–Crippen MR) is 81.6 cm³/mol. The van der Waals surface area contributed by atoms with Gasteiger partial charge in [-0.3, -0.25) is 4.90 Å². The Labute approximate surface area is 144 Å². The Morgan fingerprint density at radius 1 is 1.25 bits per heavy atom. The number of halogens is 6. The summed E-state index contributed by atoms with van der Waals surface area (Å²) in [5.74, 6) is -2.61. The summed E-state index contributed by atoms with van der Waals surface area (Å²) in [5, 5.41) is 0. The van der Waals surface area contributed by atoms with Crippen molar-refractivity contribution >= 4 is 15.9 Å². The van der Waals surface area contributed by atoms with Crippen LogP contribution >= 0.6 is 15.9 Å². The van der Waals surface area contributed by atoms with Crippen molar-refractivity contribution in [1.29, 1.82) is 0 Å². The number of benzene rings is 1. The zero-order valence-corrected chi connectivity index (χ0v) is 14.3. The van der Waals surface area contributed by atoms with Gasteiger partial charge in [0.1, 0.15) is 11.5 Å². The maximum Gasteiger partial charge on any atom is 0.573 e. The lowest BCUT2D eigenvalue weighted by Gasteiger charge is -2.32. The zero-order chi connectivity index (χ0) is 17.8. The largest absolute Gasteiger partial charge is 0.573 e. The number of piperidine rings is 1. The highest BCUT2D eigenvalue weighted by Gasteiger charge is 2.34. The van der Waals surface area contributed by atoms with Gasteiger partial charge in [-0.25, -0.2) is 8.78 Å². The molecule has 136 valence electrons. The van der Waals surface area contributed by atoms with Crippen molar-refractivity contribution in [3.8, 4) is 11.5 Å². The van der Waals surface area contributed by atoms with E-state index in [1.165, 1.54) is 6.07 Å². The van der Waals surface area contributed by atoms with Gasteiger partial charge in [-0.1, -0.05) is 0 Å². The van der Waals surface area contributed by atoms with E-state index in [9.17, 15) is 22.0 Å². The number of hydrogen-bond donors (Lipinski definition) is 0. The minimum Gasteiger partial charge on any atom is -0.492 e. The fourth-order valence-corrected chi connectivity index (χ4v) is 2.98. The molecule has 0 amide bonds. The van der Waals surface area contributed by atoms with Crippen LogP contribution in [-0.2, 0) is 0 Å². The molecule has 0 atom stereocenters. The van der Waals surface area contributed by atoms with E-state index in [0.717, 1.165) is 12.1 Å². The van der Waals surface area contributed by atoms with Crippen molar-refractivity contribution in [1.82, 2.24) is 4.90 Å². The van der Waals surface area contributed by atoms with Crippen molar-refractivity contribution in [3.63, 3.8) is 0 Å². The molecule has 2 rings (SSSR count). The third kappa shape index (κ3) is 6.43. The quantitative estimate of drug-likeness (QED) is 0.487. The standard InChI is InChI=1S/C15H17BrF5NO2/c16-12-9-11(24-15(19,20)21)3-4-13(12)23-8-2-7-22-6-1-5-14(17,18)10-22/h3-4,9H,1-2,5-8,10H2. The lowest BCUT2D eigenvalue weighted by atomic mass is 10.1. The first-order chi connectivity index (χ1) is 11.1. The number of rotatable bonds is 6. The van der Waals surface area contributed by atoms with Crippen molar-refractivity contribution in [2.75, 3.05) is 26.2 Å². The number of hydrogen-bond acceptors (Lipinski definition) is 3. The predicted octanol–water partition coefficient (Wildman–Crippen LogP) is 4.85. The first-order valence-electron chi connectivity index (χ1n) is 7.43. The molecule has 0 radical (unpaired) electrons. The summed E-state index contributed by atoms with van der Waals surface area (Å²) < 4.78 is 72.5. The van der Waals surface area contributed by atoms with Crippen LogP contribution in [-0.4, -0.2) is 43.4 Å². The summed E-state index contributed by atoms with van der Waals surface area (Å²) in [6, 6.07) is 3.67. The van der Waals surface area contributed by atoms with Crippen LogP contribution in [0.5, 0.6) is 11.5 Å². The van der Waals surface area contributed by atoms with Gasteiger partial charge in [-0.2, -0.15) is 0 Å². The topological polar surface area (TPSA) is 21.7 Å². The van der Waals surface area contributed by atoms with Gasteiger partial charge >= 0.3 is 6.36 Å². The third-order valence-corrected chi connectivity index (χ3v) is 4.10. The highest BCUT2D eigenvalue weighted by Crippen LogP contribution is 2.32. The number of nitrogens with zero attached hydrogens (tertiary/aromatic N) is 1. The molecule has 1 aliphatic rings. The Balaban J connectivity index is 1.76. The highest BCUT2D eigenvalue weighted by molar-refractivity contribution is 9.10. The summed E-state index contributed by atoms with van der Waals surface area (Å²) in [6.45, 7) is 1.17. The van der Waals surface area contributed by atoms with Crippen LogP contribution in [0.1, 0.15) is 19.3 Å². The molecule has 0 bridgehead atoms. The van der Waals surface area contributed by atoms with Gasteiger partial charge in [-0.05, 0) is 53.5 Å². The van der Waals surface area contributed by atoms with Crippen LogP contribution < -0.4 is 9.47 Å². The van der Waals surface area contributed by atoms with E-state index in [1.54, 1.807) is 4.90 Å². The van der Waals surface area contributed by atoms with E-state index in [1.807, 2.05) is 0 Å². The molecule has 1 aromatic rings. The Morgan fingerprint density at radius 3 is 2.62 bits per heavy atom. The Kier molecular flexibility index (Phi) is 6.30. The number of ether oxygens (including phenoxy) is 2. The van der Waals surface area contributed by atoms with Gasteiger partial charge in [0.2, 0.25) is 0 Å². The SMILES string of the molecule is FC1(F)CCCN(CCCOc2ccc(OC(F)(F)F)cc2Br)C1. The lowest BCUT2D eigenvalue weighted by Crippen LogP contribution is -2.43. The molecule has 0 unspecified atom stereocenters. The van der Waals surface area contributed by atoms with Crippen molar-refractivity contribution in [2.24, 2.45) is 0 Å². The molecule has 1 heterocycles. The normalized spacial score (nSPS) is 18.4. The molecule has 1 fully saturated rings. The number of likely N-dealkylation sites (tertiary alicyclic amines) is 1. The fourth-order valence-electron chi connectivity index (χ4n) is 2.50. The highest BCUT2D eigenvalue weighted by atomic mass is 79.9. The molecular formula is C15H17BrF5NO2. The van der Waals surface area contributed by atoms with Crippen LogP contribution in [0.25, 0.3) is 0 Å². The molecule has 0 N–H and O–H groups in total. The molecule has 0 saturated carbocycles. The molecule has 0 aliphatic carbocycles. The van der Waals surface area contributed by atoms with Gasteiger partial charge in [0, 0.05) is 13.0 Å². The molecule has 0 spiro atoms. The lowest BCUT2D eigenvalue weighted by molar-refractivity contribution is -0.274. The molecule has 0 aromatic heterocycles. The fraction of sp³-hybridized carbons (Fsp3) is 0.600. The summed E-state index contributed by atoms with van der Waals surface area (Å²) in [5.41, 5.74) is 0. The molecule has 1 saturated heterocycles. The molecule has 1 aliphatic heterocycles. The monoisotopic (exact) mass is 417 g/mol. The maximum absolute atomic E-state index is 13.3. The van der Waals surface area contributed by atoms with Crippen LogP contribution in [0.2, 0.25) is 0 Å². The van der Waals surface area contributed by atoms with Gasteiger partial charge < -0.3 is 9.47 Å². The Morgan fingerprint density at radius 2 is 2.00 bits per heavy atom. The maximum atomic E-state index is 13.3. The molecular weight excluding hydrogens is 401 g/mol. The first kappa shape index (κ1) is 19.2. The van der Waals surface area contributed by atoms with Gasteiger partial charge in [0.05, 0.1) is 17.6 Å². The third-order valence-electron chi connectivity index (χ3n) is 3.48. The van der Waals surface area contributed by atoms with Gasteiger partial charge in [0.15, 0.2) is 0 Å². The zero-order valence-electron chi connectivity index (χ0n) is 12.7. The Hall–Kier alpha value is -1.09. The second-order valence-electron chi connectivity index (χ2n) is 5.58. The second kappa shape index (κ2) is 7.86. The summed E-state index contributed by atoms with van der Waals surface area (Å²) in [6.07, 6.45) is -3.80. The molecule has 3 nitrogen and oxygen atoms in total. The van der Waals surface area contributed by atoms with E-state index >= 15 is 0 Å². The van der Waals surface area contributed by atoms with E-state index in [4.69, 9.17) is 4.74 Å². The Bertz CT molecular complexity index is 553.